The fraction of sp³-hybridized carbons (Fsp3) is 0.611. The second-order valence-electron chi connectivity index (χ2n) is 7.53. The topological polar surface area (TPSA) is 74.3 Å². The Balaban J connectivity index is 1.43. The highest BCUT2D eigenvalue weighted by atomic mass is 16.6. The Morgan fingerprint density at radius 3 is 2.72 bits per heavy atom. The number of hydrogen-bond acceptors (Lipinski definition) is 5. The lowest BCUT2D eigenvalue weighted by Gasteiger charge is -2.28. The fourth-order valence-electron chi connectivity index (χ4n) is 4.32. The highest BCUT2D eigenvalue weighted by Crippen LogP contribution is 2.41. The zero-order valence-corrected chi connectivity index (χ0v) is 15.0. The lowest BCUT2D eigenvalue weighted by atomic mass is 10.0. The molecular weight excluding hydrogens is 318 g/mol. The number of fused-ring (bicyclic) bond motifs is 2. The van der Waals surface area contributed by atoms with E-state index in [4.69, 9.17) is 4.74 Å². The molecule has 4 rings (SSSR count). The quantitative estimate of drug-likeness (QED) is 0.927. The van der Waals surface area contributed by atoms with Crippen LogP contribution in [0, 0.1) is 11.8 Å². The fourth-order valence-corrected chi connectivity index (χ4v) is 4.32. The van der Waals surface area contributed by atoms with E-state index in [-0.39, 0.29) is 12.2 Å². The van der Waals surface area contributed by atoms with Crippen molar-refractivity contribution in [3.8, 4) is 0 Å². The summed E-state index contributed by atoms with van der Waals surface area (Å²) in [4.78, 5) is 28.2. The molecule has 1 amide bonds. The summed E-state index contributed by atoms with van der Waals surface area (Å²) in [6, 6.07) is 2.48. The lowest BCUT2D eigenvalue weighted by molar-refractivity contribution is 0.0812. The second-order valence-corrected chi connectivity index (χ2v) is 7.53. The first-order chi connectivity index (χ1) is 12.0. The molecule has 1 aliphatic heterocycles. The molecule has 0 aromatic carbocycles. The van der Waals surface area contributed by atoms with E-state index in [0.29, 0.717) is 17.9 Å². The highest BCUT2D eigenvalue weighted by Gasteiger charge is 2.44. The molecule has 3 heterocycles. The molecule has 7 heteroatoms. The van der Waals surface area contributed by atoms with Gasteiger partial charge in [0.15, 0.2) is 0 Å². The van der Waals surface area contributed by atoms with Gasteiger partial charge >= 0.3 is 6.09 Å². The van der Waals surface area contributed by atoms with Crippen LogP contribution in [0.25, 0.3) is 11.0 Å². The van der Waals surface area contributed by atoms with E-state index in [9.17, 15) is 4.79 Å². The van der Waals surface area contributed by atoms with Gasteiger partial charge in [-0.05, 0) is 44.6 Å². The molecule has 2 aliphatic rings. The summed E-state index contributed by atoms with van der Waals surface area (Å²) in [5.41, 5.74) is 0.873. The number of aromatic nitrogens is 3. The molecule has 1 saturated carbocycles. The van der Waals surface area contributed by atoms with E-state index in [1.807, 2.05) is 31.0 Å². The third-order valence-electron chi connectivity index (χ3n) is 5.54. The van der Waals surface area contributed by atoms with Crippen molar-refractivity contribution in [1.29, 1.82) is 0 Å². The maximum absolute atomic E-state index is 12.1. The van der Waals surface area contributed by atoms with Gasteiger partial charge in [0.25, 0.3) is 0 Å². The van der Waals surface area contributed by atoms with Crippen LogP contribution in [0.2, 0.25) is 0 Å². The van der Waals surface area contributed by atoms with Gasteiger partial charge in [-0.3, -0.25) is 0 Å². The first-order valence-electron chi connectivity index (χ1n) is 8.99. The Kier molecular flexibility index (Phi) is 4.01. The molecule has 0 spiro atoms. The third kappa shape index (κ3) is 2.92. The SMILES string of the molecule is CC(C)OC(=O)N1CC2CC(N(C)c3ncnc4[nH]ccc34)C[C@H]2C1. The number of H-pyrrole nitrogens is 1. The largest absolute Gasteiger partial charge is 0.447 e. The minimum atomic E-state index is -0.167. The Bertz CT molecular complexity index is 760. The Hall–Kier alpha value is -2.31. The summed E-state index contributed by atoms with van der Waals surface area (Å²) >= 11 is 0. The maximum atomic E-state index is 12.1. The molecule has 1 aliphatic carbocycles. The number of ether oxygens (including phenoxy) is 1. The number of likely N-dealkylation sites (tertiary alicyclic amines) is 1. The number of carbonyl (C=O) groups is 1. The van der Waals surface area contributed by atoms with Crippen LogP contribution in [0.4, 0.5) is 10.6 Å². The van der Waals surface area contributed by atoms with Crippen LogP contribution in [-0.2, 0) is 4.74 Å². The van der Waals surface area contributed by atoms with Crippen molar-refractivity contribution in [2.24, 2.45) is 11.8 Å². The van der Waals surface area contributed by atoms with Crippen LogP contribution in [0.3, 0.4) is 0 Å². The summed E-state index contributed by atoms with van der Waals surface area (Å²) < 4.78 is 5.34. The second kappa shape index (κ2) is 6.20. The van der Waals surface area contributed by atoms with Crippen LogP contribution in [-0.4, -0.2) is 58.2 Å². The predicted molar refractivity (Wildman–Crippen MR) is 95.5 cm³/mol. The maximum Gasteiger partial charge on any atom is 0.410 e. The number of carbonyl (C=O) groups excluding carboxylic acids is 1. The van der Waals surface area contributed by atoms with Crippen molar-refractivity contribution in [2.75, 3.05) is 25.0 Å². The monoisotopic (exact) mass is 343 g/mol. The van der Waals surface area contributed by atoms with E-state index < -0.39 is 0 Å². The number of rotatable bonds is 3. The number of aromatic amines is 1. The van der Waals surface area contributed by atoms with E-state index in [0.717, 1.165) is 42.8 Å². The Labute approximate surface area is 147 Å². The average molecular weight is 343 g/mol. The van der Waals surface area contributed by atoms with Gasteiger partial charge in [0.05, 0.1) is 11.5 Å². The van der Waals surface area contributed by atoms with Crippen molar-refractivity contribution in [1.82, 2.24) is 19.9 Å². The van der Waals surface area contributed by atoms with Crippen molar-refractivity contribution in [3.05, 3.63) is 18.6 Å². The molecule has 2 unspecified atom stereocenters. The molecular formula is C18H25N5O2. The summed E-state index contributed by atoms with van der Waals surface area (Å²) in [6.07, 6.45) is 5.46. The average Bonchev–Trinajstić information content (AvgIpc) is 3.26. The molecule has 7 nitrogen and oxygen atoms in total. The lowest BCUT2D eigenvalue weighted by Crippen LogP contribution is -2.35. The van der Waals surface area contributed by atoms with Gasteiger partial charge in [0, 0.05) is 32.4 Å². The van der Waals surface area contributed by atoms with Crippen LogP contribution >= 0.6 is 0 Å². The molecule has 3 atom stereocenters. The van der Waals surface area contributed by atoms with Crippen molar-refractivity contribution in [3.63, 3.8) is 0 Å². The minimum Gasteiger partial charge on any atom is -0.447 e. The molecule has 2 aromatic heterocycles. The Morgan fingerprint density at radius 1 is 1.32 bits per heavy atom. The van der Waals surface area contributed by atoms with Crippen molar-refractivity contribution >= 4 is 22.9 Å². The van der Waals surface area contributed by atoms with Crippen molar-refractivity contribution < 1.29 is 9.53 Å². The standard InChI is InChI=1S/C18H25N5O2/c1-11(2)25-18(24)23-8-12-6-14(7-13(12)9-23)22(3)17-15-4-5-19-16(15)20-10-21-17/h4-5,10-14H,6-9H2,1-3H3,(H,19,20,21)/t12-,13?,14?/m0/s1. The molecule has 0 radical (unpaired) electrons. The van der Waals surface area contributed by atoms with Gasteiger partial charge in [0.1, 0.15) is 17.8 Å². The summed E-state index contributed by atoms with van der Waals surface area (Å²) in [5, 5.41) is 1.06. The molecule has 1 N–H and O–H groups in total. The van der Waals surface area contributed by atoms with Crippen LogP contribution < -0.4 is 4.90 Å². The predicted octanol–water partition coefficient (Wildman–Crippen LogP) is 2.65. The van der Waals surface area contributed by atoms with Crippen LogP contribution in [0.1, 0.15) is 26.7 Å². The van der Waals surface area contributed by atoms with Crippen LogP contribution in [0.5, 0.6) is 0 Å². The molecule has 2 aromatic rings. The Morgan fingerprint density at radius 2 is 2.04 bits per heavy atom. The number of hydrogen-bond donors (Lipinski definition) is 1. The summed E-state index contributed by atoms with van der Waals surface area (Å²) in [7, 11) is 2.12. The van der Waals surface area contributed by atoms with Gasteiger partial charge in [0.2, 0.25) is 0 Å². The summed E-state index contributed by atoms with van der Waals surface area (Å²) in [6.45, 7) is 5.40. The number of nitrogens with one attached hydrogen (secondary N) is 1. The van der Waals surface area contributed by atoms with Gasteiger partial charge in [-0.15, -0.1) is 0 Å². The van der Waals surface area contributed by atoms with E-state index in [2.05, 4.69) is 26.9 Å². The third-order valence-corrected chi connectivity index (χ3v) is 5.54. The van der Waals surface area contributed by atoms with Crippen molar-refractivity contribution in [2.45, 2.75) is 38.8 Å². The molecule has 134 valence electrons. The highest BCUT2D eigenvalue weighted by molar-refractivity contribution is 5.87. The molecule has 1 saturated heterocycles. The van der Waals surface area contributed by atoms with Gasteiger partial charge in [-0.25, -0.2) is 14.8 Å². The molecule has 25 heavy (non-hydrogen) atoms. The first-order valence-corrected chi connectivity index (χ1v) is 8.99. The normalized spacial score (nSPS) is 25.6. The molecule has 2 fully saturated rings. The smallest absolute Gasteiger partial charge is 0.410 e. The van der Waals surface area contributed by atoms with E-state index >= 15 is 0 Å². The van der Waals surface area contributed by atoms with E-state index in [1.54, 1.807) is 6.33 Å². The number of amides is 1. The van der Waals surface area contributed by atoms with Gasteiger partial charge < -0.3 is 19.5 Å². The number of anilines is 1. The zero-order valence-electron chi connectivity index (χ0n) is 15.0. The van der Waals surface area contributed by atoms with Gasteiger partial charge in [-0.1, -0.05) is 0 Å². The number of nitrogens with zero attached hydrogens (tertiary/aromatic N) is 4. The zero-order chi connectivity index (χ0) is 17.6. The van der Waals surface area contributed by atoms with Crippen LogP contribution in [0.15, 0.2) is 18.6 Å². The summed E-state index contributed by atoms with van der Waals surface area (Å²) in [5.74, 6) is 2.08. The van der Waals surface area contributed by atoms with Gasteiger partial charge in [-0.2, -0.15) is 0 Å². The first kappa shape index (κ1) is 16.2. The minimum absolute atomic E-state index is 0.0617. The van der Waals surface area contributed by atoms with E-state index in [1.165, 1.54) is 0 Å². The molecule has 0 bridgehead atoms.